The van der Waals surface area contributed by atoms with Crippen molar-refractivity contribution in [3.8, 4) is 0 Å². The molecule has 0 fully saturated rings. The minimum absolute atomic E-state index is 0.772. The van der Waals surface area contributed by atoms with Gasteiger partial charge in [-0.2, -0.15) is 5.10 Å². The molecule has 0 N–H and O–H groups in total. The number of aromatic nitrogens is 1. The molecule has 1 aromatic carbocycles. The van der Waals surface area contributed by atoms with Crippen molar-refractivity contribution in [1.82, 2.24) is 4.68 Å². The first-order valence-corrected chi connectivity index (χ1v) is 7.35. The summed E-state index contributed by atoms with van der Waals surface area (Å²) >= 11 is 5.03. The molecule has 0 aliphatic heterocycles. The maximum Gasteiger partial charge on any atom is 0.205 e. The van der Waals surface area contributed by atoms with E-state index in [1.54, 1.807) is 11.3 Å². The highest BCUT2D eigenvalue weighted by Gasteiger charge is 1.98. The smallest absolute Gasteiger partial charge is 0.205 e. The van der Waals surface area contributed by atoms with Crippen molar-refractivity contribution in [1.29, 1.82) is 0 Å². The van der Waals surface area contributed by atoms with Crippen LogP contribution in [0.25, 0.3) is 0 Å². The fraction of sp³-hybridized carbons (Fsp3) is 0.231. The lowest BCUT2D eigenvalue weighted by atomic mass is 10.2. The van der Waals surface area contributed by atoms with Gasteiger partial charge in [0.25, 0.3) is 0 Å². The number of thiazole rings is 1. The Morgan fingerprint density at radius 3 is 2.72 bits per heavy atom. The lowest BCUT2D eigenvalue weighted by Gasteiger charge is -1.97. The molecule has 0 amide bonds. The number of hydrogen-bond donors (Lipinski definition) is 0. The van der Waals surface area contributed by atoms with E-state index in [9.17, 15) is 0 Å². The molecule has 0 unspecified atom stereocenters. The third-order valence-corrected chi connectivity index (χ3v) is 3.84. The van der Waals surface area contributed by atoms with E-state index in [0.717, 1.165) is 27.1 Å². The molecule has 18 heavy (non-hydrogen) atoms. The summed E-state index contributed by atoms with van der Waals surface area (Å²) in [6, 6.07) is 8.05. The Morgan fingerprint density at radius 2 is 2.06 bits per heavy atom. The number of rotatable bonds is 3. The average molecular weight is 324 g/mol. The van der Waals surface area contributed by atoms with E-state index in [4.69, 9.17) is 0 Å². The molecule has 0 aliphatic rings. The number of aryl methyl sites for hydroxylation is 1. The minimum atomic E-state index is 0.772. The van der Waals surface area contributed by atoms with Gasteiger partial charge < -0.3 is 0 Å². The first-order chi connectivity index (χ1) is 8.70. The predicted molar refractivity (Wildman–Crippen MR) is 80.3 cm³/mol. The summed E-state index contributed by atoms with van der Waals surface area (Å²) in [6.45, 7) is 4.83. The average Bonchev–Trinajstić information content (AvgIpc) is 2.71. The molecule has 0 bridgehead atoms. The zero-order valence-corrected chi connectivity index (χ0v) is 12.7. The van der Waals surface area contributed by atoms with Crippen LogP contribution >= 0.6 is 27.3 Å². The highest BCUT2D eigenvalue weighted by Crippen LogP contribution is 2.09. The van der Waals surface area contributed by atoms with Crippen molar-refractivity contribution < 1.29 is 0 Å². The molecule has 0 radical (unpaired) electrons. The summed E-state index contributed by atoms with van der Waals surface area (Å²) in [5, 5.41) is 6.54. The highest BCUT2D eigenvalue weighted by molar-refractivity contribution is 9.10. The molecule has 1 heterocycles. The van der Waals surface area contributed by atoms with Crippen LogP contribution in [0, 0.1) is 6.92 Å². The van der Waals surface area contributed by atoms with E-state index >= 15 is 0 Å². The molecule has 3 nitrogen and oxygen atoms in total. The molecule has 94 valence electrons. The number of halogens is 1. The quantitative estimate of drug-likeness (QED) is 0.775. The Labute approximate surface area is 119 Å². The summed E-state index contributed by atoms with van der Waals surface area (Å²) in [6.07, 6.45) is 1.85. The number of nitrogens with zero attached hydrogens (tertiary/aromatic N) is 3. The summed E-state index contributed by atoms with van der Waals surface area (Å²) in [5.41, 5.74) is 2.17. The minimum Gasteiger partial charge on any atom is -0.258 e. The van der Waals surface area contributed by atoms with E-state index in [1.165, 1.54) is 0 Å². The number of hydrogen-bond acceptors (Lipinski definition) is 3. The fourth-order valence-corrected chi connectivity index (χ4v) is 2.58. The van der Waals surface area contributed by atoms with Gasteiger partial charge in [-0.15, -0.1) is 11.3 Å². The van der Waals surface area contributed by atoms with Gasteiger partial charge in [0.2, 0.25) is 4.80 Å². The number of benzene rings is 1. The van der Waals surface area contributed by atoms with Crippen molar-refractivity contribution in [2.75, 3.05) is 6.54 Å². The van der Waals surface area contributed by atoms with Gasteiger partial charge in [-0.05, 0) is 31.5 Å². The fourth-order valence-electron chi connectivity index (χ4n) is 1.44. The van der Waals surface area contributed by atoms with Crippen molar-refractivity contribution >= 4 is 33.5 Å². The summed E-state index contributed by atoms with van der Waals surface area (Å²) in [7, 11) is 0. The SMILES string of the molecule is CCN=c1scc(C)n1N=Cc1ccc(Br)cc1. The van der Waals surface area contributed by atoms with E-state index in [1.807, 2.05) is 49.0 Å². The van der Waals surface area contributed by atoms with E-state index in [-0.39, 0.29) is 0 Å². The van der Waals surface area contributed by atoms with Crippen LogP contribution in [0.4, 0.5) is 0 Å². The molecule has 2 rings (SSSR count). The van der Waals surface area contributed by atoms with Gasteiger partial charge in [-0.3, -0.25) is 4.99 Å². The molecule has 0 saturated carbocycles. The first-order valence-electron chi connectivity index (χ1n) is 5.68. The molecule has 0 saturated heterocycles. The lowest BCUT2D eigenvalue weighted by molar-refractivity contribution is 0.794. The van der Waals surface area contributed by atoms with Crippen LogP contribution in [0.5, 0.6) is 0 Å². The molecule has 0 aliphatic carbocycles. The third kappa shape index (κ3) is 3.17. The molecular formula is C13H14BrN3S. The van der Waals surface area contributed by atoms with Gasteiger partial charge in [0.1, 0.15) is 0 Å². The maximum atomic E-state index is 4.48. The third-order valence-electron chi connectivity index (χ3n) is 2.34. The second kappa shape index (κ2) is 6.11. The zero-order chi connectivity index (χ0) is 13.0. The Hall–Kier alpha value is -1.20. The lowest BCUT2D eigenvalue weighted by Crippen LogP contribution is -2.12. The standard InChI is InChI=1S/C13H14BrN3S/c1-3-15-13-17(10(2)9-18-13)16-8-11-4-6-12(14)7-5-11/h4-9H,3H2,1-2H3. The molecule has 0 spiro atoms. The van der Waals surface area contributed by atoms with Crippen molar-refractivity contribution in [2.24, 2.45) is 10.1 Å². The molecule has 1 aromatic heterocycles. The van der Waals surface area contributed by atoms with Gasteiger partial charge in [0.15, 0.2) is 0 Å². The first kappa shape index (κ1) is 13.2. The predicted octanol–water partition coefficient (Wildman–Crippen LogP) is 3.42. The Balaban J connectivity index is 2.31. The van der Waals surface area contributed by atoms with Crippen LogP contribution in [-0.2, 0) is 0 Å². The Kier molecular flexibility index (Phi) is 4.49. The van der Waals surface area contributed by atoms with Crippen LogP contribution in [-0.4, -0.2) is 17.4 Å². The summed E-state index contributed by atoms with van der Waals surface area (Å²) < 4.78 is 2.94. The Bertz CT molecular complexity index is 608. The van der Waals surface area contributed by atoms with Gasteiger partial charge in [0, 0.05) is 16.4 Å². The van der Waals surface area contributed by atoms with Gasteiger partial charge in [-0.25, -0.2) is 4.68 Å². The topological polar surface area (TPSA) is 29.6 Å². The van der Waals surface area contributed by atoms with Crippen LogP contribution in [0.2, 0.25) is 0 Å². The normalized spacial score (nSPS) is 12.5. The van der Waals surface area contributed by atoms with Crippen LogP contribution < -0.4 is 4.80 Å². The van der Waals surface area contributed by atoms with Gasteiger partial charge in [0.05, 0.1) is 11.9 Å². The van der Waals surface area contributed by atoms with Crippen LogP contribution in [0.15, 0.2) is 44.2 Å². The Morgan fingerprint density at radius 1 is 1.33 bits per heavy atom. The van der Waals surface area contributed by atoms with Crippen molar-refractivity contribution in [3.05, 3.63) is 50.2 Å². The molecule has 5 heteroatoms. The summed E-state index contributed by atoms with van der Waals surface area (Å²) in [5.74, 6) is 0. The van der Waals surface area contributed by atoms with Crippen molar-refractivity contribution in [2.45, 2.75) is 13.8 Å². The van der Waals surface area contributed by atoms with Gasteiger partial charge in [-0.1, -0.05) is 28.1 Å². The maximum absolute atomic E-state index is 4.48. The van der Waals surface area contributed by atoms with Crippen LogP contribution in [0.1, 0.15) is 18.2 Å². The van der Waals surface area contributed by atoms with Crippen molar-refractivity contribution in [3.63, 3.8) is 0 Å². The van der Waals surface area contributed by atoms with E-state index < -0.39 is 0 Å². The second-order valence-corrected chi connectivity index (χ2v) is 5.49. The molecule has 2 aromatic rings. The van der Waals surface area contributed by atoms with E-state index in [2.05, 4.69) is 31.4 Å². The van der Waals surface area contributed by atoms with Gasteiger partial charge >= 0.3 is 0 Å². The second-order valence-electron chi connectivity index (χ2n) is 3.74. The largest absolute Gasteiger partial charge is 0.258 e. The zero-order valence-electron chi connectivity index (χ0n) is 10.3. The molecule has 0 atom stereocenters. The highest BCUT2D eigenvalue weighted by atomic mass is 79.9. The summed E-state index contributed by atoms with van der Waals surface area (Å²) in [4.78, 5) is 5.35. The molecular weight excluding hydrogens is 310 g/mol. The van der Waals surface area contributed by atoms with Crippen LogP contribution in [0.3, 0.4) is 0 Å². The van der Waals surface area contributed by atoms with E-state index in [0.29, 0.717) is 0 Å². The monoisotopic (exact) mass is 323 g/mol.